The van der Waals surface area contributed by atoms with Crippen molar-refractivity contribution in [3.8, 4) is 0 Å². The Morgan fingerprint density at radius 1 is 1.24 bits per heavy atom. The molecule has 1 aliphatic heterocycles. The Kier molecular flexibility index (Phi) is 4.02. The first-order valence-electron chi connectivity index (χ1n) is 8.07. The molecule has 0 bridgehead atoms. The summed E-state index contributed by atoms with van der Waals surface area (Å²) in [5, 5.41) is 3.25. The van der Waals surface area contributed by atoms with Crippen LogP contribution in [0.1, 0.15) is 43.0 Å². The van der Waals surface area contributed by atoms with Crippen molar-refractivity contribution in [2.45, 2.75) is 44.6 Å². The van der Waals surface area contributed by atoms with Gasteiger partial charge in [0, 0.05) is 37.7 Å². The van der Waals surface area contributed by atoms with E-state index in [0.717, 1.165) is 30.5 Å². The van der Waals surface area contributed by atoms with Gasteiger partial charge in [0.1, 0.15) is 17.5 Å². The predicted octanol–water partition coefficient (Wildman–Crippen LogP) is 2.23. The zero-order valence-corrected chi connectivity index (χ0v) is 13.7. The molecule has 0 radical (unpaired) electrons. The van der Waals surface area contributed by atoms with E-state index in [1.54, 1.807) is 0 Å². The van der Waals surface area contributed by atoms with Gasteiger partial charge in [-0.3, -0.25) is 0 Å². The monoisotopic (exact) mass is 289 g/mol. The molecule has 2 heterocycles. The average molecular weight is 289 g/mol. The van der Waals surface area contributed by atoms with Crippen molar-refractivity contribution in [2.75, 3.05) is 44.4 Å². The summed E-state index contributed by atoms with van der Waals surface area (Å²) in [5.41, 5.74) is 1.19. The van der Waals surface area contributed by atoms with Crippen LogP contribution in [-0.2, 0) is 0 Å². The Hall–Kier alpha value is -1.36. The molecular formula is C16H27N5. The van der Waals surface area contributed by atoms with E-state index < -0.39 is 0 Å². The molecule has 0 aromatic carbocycles. The smallest absolute Gasteiger partial charge is 0.137 e. The van der Waals surface area contributed by atoms with Crippen LogP contribution >= 0.6 is 0 Å². The summed E-state index contributed by atoms with van der Waals surface area (Å²) < 4.78 is 0. The lowest BCUT2D eigenvalue weighted by molar-refractivity contribution is 0.371. The number of nitrogens with zero attached hydrogens (tertiary/aromatic N) is 4. The van der Waals surface area contributed by atoms with Crippen molar-refractivity contribution in [1.82, 2.24) is 14.9 Å². The summed E-state index contributed by atoms with van der Waals surface area (Å²) in [6.07, 6.45) is 5.00. The summed E-state index contributed by atoms with van der Waals surface area (Å²) in [6, 6.07) is 0.574. The number of hydrogen-bond acceptors (Lipinski definition) is 5. The number of likely N-dealkylation sites (N-methyl/N-ethyl adjacent to an activating group) is 1. The number of anilines is 2. The van der Waals surface area contributed by atoms with Crippen molar-refractivity contribution in [3.63, 3.8) is 0 Å². The third-order valence-electron chi connectivity index (χ3n) is 4.54. The molecule has 3 rings (SSSR count). The van der Waals surface area contributed by atoms with Gasteiger partial charge in [0.25, 0.3) is 0 Å². The highest BCUT2D eigenvalue weighted by atomic mass is 15.3. The fourth-order valence-electron chi connectivity index (χ4n) is 3.29. The fraction of sp³-hybridized carbons (Fsp3) is 0.750. The van der Waals surface area contributed by atoms with Gasteiger partial charge < -0.3 is 15.1 Å². The molecular weight excluding hydrogens is 262 g/mol. The molecule has 2 fully saturated rings. The van der Waals surface area contributed by atoms with Crippen LogP contribution in [0.5, 0.6) is 0 Å². The van der Waals surface area contributed by atoms with Crippen LogP contribution in [0, 0.1) is 6.92 Å². The highest BCUT2D eigenvalue weighted by Gasteiger charge is 2.32. The van der Waals surface area contributed by atoms with Gasteiger partial charge in [0.2, 0.25) is 0 Å². The minimum Gasteiger partial charge on any atom is -0.373 e. The first kappa shape index (κ1) is 14.6. The van der Waals surface area contributed by atoms with Crippen LogP contribution in [-0.4, -0.2) is 55.1 Å². The zero-order valence-electron chi connectivity index (χ0n) is 13.7. The second-order valence-electron chi connectivity index (χ2n) is 6.65. The first-order chi connectivity index (χ1) is 10.1. The molecule has 0 spiro atoms. The average Bonchev–Trinajstić information content (AvgIpc) is 3.20. The third kappa shape index (κ3) is 2.98. The molecule has 0 amide bonds. The minimum absolute atomic E-state index is 0.574. The van der Waals surface area contributed by atoms with Crippen molar-refractivity contribution in [3.05, 3.63) is 11.4 Å². The Morgan fingerprint density at radius 2 is 2.00 bits per heavy atom. The number of nitrogens with one attached hydrogen (secondary N) is 1. The molecule has 5 heteroatoms. The molecule has 116 valence electrons. The standard InChI is InChI=1S/C16H27N5/c1-11-14(17-2)18-15(12-7-8-12)19-16(11)21-9-5-6-13(21)10-20(3)4/h12-13H,5-10H2,1-4H3,(H,17,18,19). The summed E-state index contributed by atoms with van der Waals surface area (Å²) in [4.78, 5) is 14.4. The van der Waals surface area contributed by atoms with E-state index in [4.69, 9.17) is 9.97 Å². The number of aromatic nitrogens is 2. The van der Waals surface area contributed by atoms with E-state index in [1.165, 1.54) is 31.2 Å². The van der Waals surface area contributed by atoms with Crippen LogP contribution in [0.4, 0.5) is 11.6 Å². The Bertz CT molecular complexity index is 510. The van der Waals surface area contributed by atoms with Gasteiger partial charge in [-0.15, -0.1) is 0 Å². The van der Waals surface area contributed by atoms with Crippen molar-refractivity contribution in [2.24, 2.45) is 0 Å². The molecule has 1 aliphatic carbocycles. The maximum atomic E-state index is 4.94. The van der Waals surface area contributed by atoms with Gasteiger partial charge in [0.05, 0.1) is 0 Å². The highest BCUT2D eigenvalue weighted by Crippen LogP contribution is 2.40. The normalized spacial score (nSPS) is 22.1. The molecule has 1 aromatic rings. The largest absolute Gasteiger partial charge is 0.373 e. The molecule has 1 aromatic heterocycles. The van der Waals surface area contributed by atoms with Crippen molar-refractivity contribution in [1.29, 1.82) is 0 Å². The number of rotatable bonds is 5. The van der Waals surface area contributed by atoms with Crippen LogP contribution < -0.4 is 10.2 Å². The maximum Gasteiger partial charge on any atom is 0.137 e. The highest BCUT2D eigenvalue weighted by molar-refractivity contribution is 5.59. The zero-order chi connectivity index (χ0) is 15.0. The topological polar surface area (TPSA) is 44.3 Å². The lowest BCUT2D eigenvalue weighted by atomic mass is 10.2. The molecule has 1 saturated heterocycles. The van der Waals surface area contributed by atoms with Crippen molar-refractivity contribution < 1.29 is 0 Å². The van der Waals surface area contributed by atoms with Gasteiger partial charge >= 0.3 is 0 Å². The summed E-state index contributed by atoms with van der Waals surface area (Å²) in [6.45, 7) is 4.35. The number of hydrogen-bond donors (Lipinski definition) is 1. The van der Waals surface area contributed by atoms with E-state index in [1.807, 2.05) is 7.05 Å². The molecule has 1 unspecified atom stereocenters. The second-order valence-corrected chi connectivity index (χ2v) is 6.65. The Balaban J connectivity index is 1.94. The minimum atomic E-state index is 0.574. The maximum absolute atomic E-state index is 4.94. The lowest BCUT2D eigenvalue weighted by Crippen LogP contribution is -2.38. The summed E-state index contributed by atoms with van der Waals surface area (Å²) >= 11 is 0. The summed E-state index contributed by atoms with van der Waals surface area (Å²) in [7, 11) is 6.26. The lowest BCUT2D eigenvalue weighted by Gasteiger charge is -2.30. The van der Waals surface area contributed by atoms with Gasteiger partial charge in [-0.1, -0.05) is 0 Å². The Morgan fingerprint density at radius 3 is 2.62 bits per heavy atom. The van der Waals surface area contributed by atoms with Crippen LogP contribution in [0.25, 0.3) is 0 Å². The Labute approximate surface area is 127 Å². The van der Waals surface area contributed by atoms with E-state index in [-0.39, 0.29) is 0 Å². The van der Waals surface area contributed by atoms with Gasteiger partial charge in [0.15, 0.2) is 0 Å². The molecule has 1 saturated carbocycles. The van der Waals surface area contributed by atoms with E-state index in [2.05, 4.69) is 36.1 Å². The predicted molar refractivity (Wildman–Crippen MR) is 87.2 cm³/mol. The van der Waals surface area contributed by atoms with Gasteiger partial charge in [-0.2, -0.15) is 0 Å². The third-order valence-corrected chi connectivity index (χ3v) is 4.54. The van der Waals surface area contributed by atoms with E-state index in [9.17, 15) is 0 Å². The van der Waals surface area contributed by atoms with Gasteiger partial charge in [-0.25, -0.2) is 9.97 Å². The van der Waals surface area contributed by atoms with Crippen LogP contribution in [0.2, 0.25) is 0 Å². The molecule has 5 nitrogen and oxygen atoms in total. The first-order valence-corrected chi connectivity index (χ1v) is 8.07. The quantitative estimate of drug-likeness (QED) is 0.900. The molecule has 1 N–H and O–H groups in total. The fourth-order valence-corrected chi connectivity index (χ4v) is 3.29. The second kappa shape index (κ2) is 5.79. The van der Waals surface area contributed by atoms with E-state index >= 15 is 0 Å². The van der Waals surface area contributed by atoms with Crippen LogP contribution in [0.15, 0.2) is 0 Å². The SMILES string of the molecule is CNc1nc(C2CC2)nc(N2CCCC2CN(C)C)c1C. The van der Waals surface area contributed by atoms with Crippen LogP contribution in [0.3, 0.4) is 0 Å². The molecule has 2 aliphatic rings. The van der Waals surface area contributed by atoms with E-state index in [0.29, 0.717) is 12.0 Å². The molecule has 1 atom stereocenters. The van der Waals surface area contributed by atoms with Crippen molar-refractivity contribution >= 4 is 11.6 Å². The molecule has 21 heavy (non-hydrogen) atoms. The summed E-state index contributed by atoms with van der Waals surface area (Å²) in [5.74, 6) is 3.78. The van der Waals surface area contributed by atoms with Gasteiger partial charge in [-0.05, 0) is 46.7 Å².